The van der Waals surface area contributed by atoms with E-state index in [0.717, 1.165) is 17.7 Å². The molecular formula is C13H16N4O2S. The molecule has 0 unspecified atom stereocenters. The molecule has 2 rings (SSSR count). The number of nitrogens with zero attached hydrogens (tertiary/aromatic N) is 3. The number of aromatic nitrogens is 2. The summed E-state index contributed by atoms with van der Waals surface area (Å²) in [5.41, 5.74) is 9.77. The van der Waals surface area contributed by atoms with Crippen LogP contribution in [0.15, 0.2) is 29.0 Å². The Morgan fingerprint density at radius 1 is 1.50 bits per heavy atom. The lowest BCUT2D eigenvalue weighted by Crippen LogP contribution is -2.15. The average molecular weight is 292 g/mol. The quantitative estimate of drug-likeness (QED) is 0.278. The molecule has 0 spiro atoms. The van der Waals surface area contributed by atoms with Gasteiger partial charge in [-0.2, -0.15) is 0 Å². The zero-order valence-electron chi connectivity index (χ0n) is 11.1. The zero-order chi connectivity index (χ0) is 14.4. The van der Waals surface area contributed by atoms with Crippen molar-refractivity contribution in [1.29, 1.82) is 0 Å². The van der Waals surface area contributed by atoms with Gasteiger partial charge in [0, 0.05) is 17.5 Å². The van der Waals surface area contributed by atoms with Gasteiger partial charge in [0.25, 0.3) is 0 Å². The molecule has 0 radical (unpaired) electrons. The number of nitrogens with two attached hydrogens (primary N) is 1. The van der Waals surface area contributed by atoms with Crippen LogP contribution >= 0.6 is 11.3 Å². The Labute approximate surface area is 120 Å². The summed E-state index contributed by atoms with van der Waals surface area (Å²) in [6, 6.07) is 3.58. The largest absolute Gasteiger partial charge is 0.409 e. The maximum absolute atomic E-state index is 8.61. The first-order valence-corrected chi connectivity index (χ1v) is 6.98. The van der Waals surface area contributed by atoms with Gasteiger partial charge in [-0.15, -0.1) is 11.3 Å². The van der Waals surface area contributed by atoms with Crippen LogP contribution in [-0.2, 0) is 17.8 Å². The van der Waals surface area contributed by atoms with Crippen molar-refractivity contribution < 1.29 is 9.94 Å². The number of aryl methyl sites for hydroxylation is 1. The summed E-state index contributed by atoms with van der Waals surface area (Å²) in [6.07, 6.45) is 2.47. The summed E-state index contributed by atoms with van der Waals surface area (Å²) >= 11 is 1.64. The van der Waals surface area contributed by atoms with E-state index < -0.39 is 0 Å². The number of amidine groups is 1. The van der Waals surface area contributed by atoms with Crippen LogP contribution in [0.5, 0.6) is 0 Å². The summed E-state index contributed by atoms with van der Waals surface area (Å²) < 4.78 is 5.62. The summed E-state index contributed by atoms with van der Waals surface area (Å²) in [4.78, 5) is 9.46. The summed E-state index contributed by atoms with van der Waals surface area (Å²) in [6.45, 7) is 3.09. The molecule has 0 fully saturated rings. The fraction of sp³-hybridized carbons (Fsp3) is 0.308. The molecule has 0 bridgehead atoms. The molecule has 106 valence electrons. The Hall–Kier alpha value is -1.99. The van der Waals surface area contributed by atoms with Crippen molar-refractivity contribution in [2.45, 2.75) is 20.0 Å². The average Bonchev–Trinajstić information content (AvgIpc) is 2.88. The van der Waals surface area contributed by atoms with Crippen LogP contribution in [0.25, 0.3) is 0 Å². The lowest BCUT2D eigenvalue weighted by Gasteiger charge is -2.05. The highest BCUT2D eigenvalue weighted by Crippen LogP contribution is 2.13. The molecule has 0 saturated carbocycles. The molecular weight excluding hydrogens is 276 g/mol. The van der Waals surface area contributed by atoms with Crippen LogP contribution in [0, 0.1) is 6.92 Å². The minimum atomic E-state index is -0.00728. The summed E-state index contributed by atoms with van der Waals surface area (Å²) in [5.74, 6) is -0.00728. The second-order valence-corrected chi connectivity index (χ2v) is 5.14. The highest BCUT2D eigenvalue weighted by atomic mass is 32.1. The van der Waals surface area contributed by atoms with Crippen LogP contribution in [-0.4, -0.2) is 27.6 Å². The number of rotatable bonds is 6. The van der Waals surface area contributed by atoms with Gasteiger partial charge in [-0.1, -0.05) is 5.16 Å². The Morgan fingerprint density at radius 3 is 3.05 bits per heavy atom. The fourth-order valence-corrected chi connectivity index (χ4v) is 2.44. The highest BCUT2D eigenvalue weighted by molar-refractivity contribution is 7.09. The van der Waals surface area contributed by atoms with Crippen molar-refractivity contribution in [3.05, 3.63) is 45.7 Å². The number of oxime groups is 1. The molecule has 0 amide bonds. The van der Waals surface area contributed by atoms with Crippen LogP contribution in [0.2, 0.25) is 0 Å². The molecule has 2 aromatic heterocycles. The molecule has 0 atom stereocenters. The van der Waals surface area contributed by atoms with E-state index in [9.17, 15) is 0 Å². The van der Waals surface area contributed by atoms with Gasteiger partial charge in [0.05, 0.1) is 24.4 Å². The molecule has 0 aliphatic carbocycles. The van der Waals surface area contributed by atoms with Crippen LogP contribution < -0.4 is 5.73 Å². The number of hydrogen-bond donors (Lipinski definition) is 2. The van der Waals surface area contributed by atoms with E-state index in [1.807, 2.05) is 18.5 Å². The number of ether oxygens (including phenoxy) is 1. The SMILES string of the molecule is Cc1ncsc1CCOCc1ccnc(C(N)=NO)c1. The van der Waals surface area contributed by atoms with Gasteiger partial charge in [-0.25, -0.2) is 4.98 Å². The second-order valence-electron chi connectivity index (χ2n) is 4.20. The number of hydrogen-bond acceptors (Lipinski definition) is 6. The first kappa shape index (κ1) is 14.4. The zero-order valence-corrected chi connectivity index (χ0v) is 11.9. The van der Waals surface area contributed by atoms with Crippen molar-refractivity contribution >= 4 is 17.2 Å². The standard InChI is InChI=1S/C13H16N4O2S/c1-9-12(20-8-16-9)3-5-19-7-10-2-4-15-11(6-10)13(14)17-18/h2,4,6,8,18H,3,5,7H2,1H3,(H2,14,17). The fourth-order valence-electron chi connectivity index (χ4n) is 1.68. The minimum absolute atomic E-state index is 0.00728. The highest BCUT2D eigenvalue weighted by Gasteiger charge is 2.04. The van der Waals surface area contributed by atoms with E-state index in [4.69, 9.17) is 15.7 Å². The van der Waals surface area contributed by atoms with E-state index in [0.29, 0.717) is 18.9 Å². The van der Waals surface area contributed by atoms with Crippen molar-refractivity contribution in [2.75, 3.05) is 6.61 Å². The predicted octanol–water partition coefficient (Wildman–Crippen LogP) is 1.70. The molecule has 2 aromatic rings. The van der Waals surface area contributed by atoms with Crippen LogP contribution in [0.3, 0.4) is 0 Å². The maximum Gasteiger partial charge on any atom is 0.188 e. The van der Waals surface area contributed by atoms with E-state index in [-0.39, 0.29) is 5.84 Å². The van der Waals surface area contributed by atoms with Gasteiger partial charge in [0.1, 0.15) is 5.69 Å². The molecule has 6 nitrogen and oxygen atoms in total. The Balaban J connectivity index is 1.84. The van der Waals surface area contributed by atoms with E-state index in [1.165, 1.54) is 4.88 Å². The van der Waals surface area contributed by atoms with Gasteiger partial charge in [-0.05, 0) is 24.6 Å². The topological polar surface area (TPSA) is 93.6 Å². The molecule has 0 aliphatic rings. The third kappa shape index (κ3) is 3.75. The van der Waals surface area contributed by atoms with Crippen LogP contribution in [0.1, 0.15) is 21.8 Å². The number of pyridine rings is 1. The Bertz CT molecular complexity index is 598. The van der Waals surface area contributed by atoms with E-state index in [1.54, 1.807) is 23.6 Å². The number of thiazole rings is 1. The third-order valence-electron chi connectivity index (χ3n) is 2.78. The van der Waals surface area contributed by atoms with Crippen molar-refractivity contribution in [3.63, 3.8) is 0 Å². The van der Waals surface area contributed by atoms with Gasteiger partial charge < -0.3 is 15.7 Å². The molecule has 3 N–H and O–H groups in total. The van der Waals surface area contributed by atoms with Crippen molar-refractivity contribution in [1.82, 2.24) is 9.97 Å². The second kappa shape index (κ2) is 6.97. The third-order valence-corrected chi connectivity index (χ3v) is 3.78. The summed E-state index contributed by atoms with van der Waals surface area (Å²) in [5, 5.41) is 11.5. The Kier molecular flexibility index (Phi) is 5.03. The van der Waals surface area contributed by atoms with E-state index >= 15 is 0 Å². The normalized spacial score (nSPS) is 11.8. The van der Waals surface area contributed by atoms with Crippen LogP contribution in [0.4, 0.5) is 0 Å². The van der Waals surface area contributed by atoms with Gasteiger partial charge in [-0.3, -0.25) is 4.98 Å². The lowest BCUT2D eigenvalue weighted by atomic mass is 10.2. The predicted molar refractivity (Wildman–Crippen MR) is 77.0 cm³/mol. The maximum atomic E-state index is 8.61. The molecule has 7 heteroatoms. The molecule has 2 heterocycles. The van der Waals surface area contributed by atoms with Gasteiger partial charge in [0.2, 0.25) is 0 Å². The summed E-state index contributed by atoms with van der Waals surface area (Å²) in [7, 11) is 0. The monoisotopic (exact) mass is 292 g/mol. The Morgan fingerprint density at radius 2 is 2.35 bits per heavy atom. The minimum Gasteiger partial charge on any atom is -0.409 e. The first-order valence-electron chi connectivity index (χ1n) is 6.10. The first-order chi connectivity index (χ1) is 9.70. The van der Waals surface area contributed by atoms with Gasteiger partial charge in [0.15, 0.2) is 5.84 Å². The smallest absolute Gasteiger partial charge is 0.188 e. The molecule has 20 heavy (non-hydrogen) atoms. The lowest BCUT2D eigenvalue weighted by molar-refractivity contribution is 0.124. The van der Waals surface area contributed by atoms with E-state index in [2.05, 4.69) is 15.1 Å². The molecule has 0 aromatic carbocycles. The van der Waals surface area contributed by atoms with Gasteiger partial charge >= 0.3 is 0 Å². The van der Waals surface area contributed by atoms with Crippen molar-refractivity contribution in [2.24, 2.45) is 10.9 Å². The van der Waals surface area contributed by atoms with Crippen molar-refractivity contribution in [3.8, 4) is 0 Å². The molecule has 0 aliphatic heterocycles. The molecule has 0 saturated heterocycles.